The van der Waals surface area contributed by atoms with Gasteiger partial charge < -0.3 is 4.57 Å². The molecule has 4 heteroatoms. The summed E-state index contributed by atoms with van der Waals surface area (Å²) in [6.45, 7) is 0. The number of imide groups is 1. The highest BCUT2D eigenvalue weighted by Gasteiger charge is 2.30. The molecule has 1 atom stereocenters. The van der Waals surface area contributed by atoms with Gasteiger partial charge in [-0.1, -0.05) is 6.07 Å². The molecule has 0 aliphatic carbocycles. The zero-order valence-electron chi connectivity index (χ0n) is 10.1. The monoisotopic (exact) mass is 242 g/mol. The SMILES string of the molecule is Cn1ccc2cc(CC3CC(=O)NC3=O)ccc21. The van der Waals surface area contributed by atoms with Crippen molar-refractivity contribution in [2.24, 2.45) is 13.0 Å². The molecule has 1 aromatic heterocycles. The third-order valence-electron chi connectivity index (χ3n) is 3.50. The van der Waals surface area contributed by atoms with Gasteiger partial charge in [0.05, 0.1) is 5.92 Å². The summed E-state index contributed by atoms with van der Waals surface area (Å²) in [5.41, 5.74) is 2.27. The number of benzene rings is 1. The van der Waals surface area contributed by atoms with E-state index >= 15 is 0 Å². The van der Waals surface area contributed by atoms with E-state index in [1.165, 1.54) is 10.9 Å². The standard InChI is InChI=1S/C14H14N2O2/c1-16-5-4-10-6-9(2-3-12(10)16)7-11-8-13(17)15-14(11)18/h2-6,11H,7-8H2,1H3,(H,15,17,18). The van der Waals surface area contributed by atoms with Crippen LogP contribution in [0.25, 0.3) is 10.9 Å². The predicted octanol–water partition coefficient (Wildman–Crippen LogP) is 1.38. The lowest BCUT2D eigenvalue weighted by atomic mass is 9.97. The van der Waals surface area contributed by atoms with Crippen molar-refractivity contribution in [1.29, 1.82) is 0 Å². The lowest BCUT2D eigenvalue weighted by Gasteiger charge is -2.06. The van der Waals surface area contributed by atoms with Crippen LogP contribution in [0.4, 0.5) is 0 Å². The maximum absolute atomic E-state index is 11.5. The maximum atomic E-state index is 11.5. The number of carbonyl (C=O) groups excluding carboxylic acids is 2. The van der Waals surface area contributed by atoms with Crippen LogP contribution < -0.4 is 5.32 Å². The van der Waals surface area contributed by atoms with Crippen LogP contribution in [-0.4, -0.2) is 16.4 Å². The highest BCUT2D eigenvalue weighted by Crippen LogP contribution is 2.21. The van der Waals surface area contributed by atoms with Crippen molar-refractivity contribution in [3.05, 3.63) is 36.0 Å². The normalized spacial score (nSPS) is 19.5. The van der Waals surface area contributed by atoms with Crippen LogP contribution in [0.1, 0.15) is 12.0 Å². The van der Waals surface area contributed by atoms with Crippen molar-refractivity contribution in [3.63, 3.8) is 0 Å². The van der Waals surface area contributed by atoms with Gasteiger partial charge in [-0.3, -0.25) is 14.9 Å². The van der Waals surface area contributed by atoms with E-state index in [2.05, 4.69) is 28.1 Å². The molecule has 0 bridgehead atoms. The molecular formula is C14H14N2O2. The molecule has 1 aliphatic rings. The Morgan fingerprint density at radius 3 is 2.89 bits per heavy atom. The van der Waals surface area contributed by atoms with Gasteiger partial charge in [0.1, 0.15) is 0 Å². The number of nitrogens with zero attached hydrogens (tertiary/aromatic N) is 1. The Labute approximate surface area is 105 Å². The molecule has 92 valence electrons. The molecule has 0 radical (unpaired) electrons. The average molecular weight is 242 g/mol. The van der Waals surface area contributed by atoms with Crippen LogP contribution in [0.2, 0.25) is 0 Å². The first-order valence-corrected chi connectivity index (χ1v) is 6.01. The largest absolute Gasteiger partial charge is 0.351 e. The quantitative estimate of drug-likeness (QED) is 0.809. The molecule has 2 heterocycles. The molecule has 0 spiro atoms. The molecule has 2 amide bonds. The van der Waals surface area contributed by atoms with Crippen molar-refractivity contribution >= 4 is 22.7 Å². The van der Waals surface area contributed by atoms with E-state index in [1.54, 1.807) is 0 Å². The lowest BCUT2D eigenvalue weighted by Crippen LogP contribution is -2.22. The minimum absolute atomic E-state index is 0.145. The Balaban J connectivity index is 1.87. The van der Waals surface area contributed by atoms with Crippen LogP contribution in [0.3, 0.4) is 0 Å². The Hall–Kier alpha value is -2.10. The second kappa shape index (κ2) is 3.98. The summed E-state index contributed by atoms with van der Waals surface area (Å²) in [6, 6.07) is 8.22. The number of hydrogen-bond donors (Lipinski definition) is 1. The Morgan fingerprint density at radius 2 is 2.17 bits per heavy atom. The zero-order valence-corrected chi connectivity index (χ0v) is 10.1. The second-order valence-electron chi connectivity index (χ2n) is 4.84. The van der Waals surface area contributed by atoms with E-state index < -0.39 is 0 Å². The molecule has 3 rings (SSSR count). The molecule has 1 N–H and O–H groups in total. The van der Waals surface area contributed by atoms with Crippen molar-refractivity contribution in [1.82, 2.24) is 9.88 Å². The van der Waals surface area contributed by atoms with Crippen LogP contribution in [0, 0.1) is 5.92 Å². The Morgan fingerprint density at radius 1 is 1.33 bits per heavy atom. The fraction of sp³-hybridized carbons (Fsp3) is 0.286. The lowest BCUT2D eigenvalue weighted by molar-refractivity contribution is -0.125. The van der Waals surface area contributed by atoms with Crippen LogP contribution >= 0.6 is 0 Å². The van der Waals surface area contributed by atoms with Crippen molar-refractivity contribution in [2.75, 3.05) is 0 Å². The highest BCUT2D eigenvalue weighted by molar-refractivity contribution is 6.03. The molecule has 18 heavy (non-hydrogen) atoms. The van der Waals surface area contributed by atoms with Gasteiger partial charge in [0.2, 0.25) is 11.8 Å². The van der Waals surface area contributed by atoms with E-state index in [0.29, 0.717) is 12.8 Å². The number of rotatable bonds is 2. The number of aryl methyl sites for hydroxylation is 1. The average Bonchev–Trinajstić information content (AvgIpc) is 2.84. The summed E-state index contributed by atoms with van der Waals surface area (Å²) in [6.07, 6.45) is 2.95. The smallest absolute Gasteiger partial charge is 0.230 e. The topological polar surface area (TPSA) is 51.1 Å². The van der Waals surface area contributed by atoms with Gasteiger partial charge in [0, 0.05) is 25.2 Å². The summed E-state index contributed by atoms with van der Waals surface area (Å²) in [5, 5.41) is 3.51. The zero-order chi connectivity index (χ0) is 12.7. The van der Waals surface area contributed by atoms with Gasteiger partial charge in [0.15, 0.2) is 0 Å². The molecule has 1 fully saturated rings. The van der Waals surface area contributed by atoms with Gasteiger partial charge in [-0.15, -0.1) is 0 Å². The molecule has 1 saturated heterocycles. The van der Waals surface area contributed by atoms with Gasteiger partial charge >= 0.3 is 0 Å². The number of hydrogen-bond acceptors (Lipinski definition) is 2. The first kappa shape index (κ1) is 11.0. The Bertz CT molecular complexity index is 642. The number of fused-ring (bicyclic) bond motifs is 1. The molecule has 2 aromatic rings. The van der Waals surface area contributed by atoms with Crippen LogP contribution in [-0.2, 0) is 23.1 Å². The molecular weight excluding hydrogens is 228 g/mol. The first-order chi connectivity index (χ1) is 8.63. The minimum Gasteiger partial charge on any atom is -0.351 e. The summed E-state index contributed by atoms with van der Waals surface area (Å²) in [4.78, 5) is 22.7. The number of aromatic nitrogens is 1. The highest BCUT2D eigenvalue weighted by atomic mass is 16.2. The summed E-state index contributed by atoms with van der Waals surface area (Å²) < 4.78 is 2.06. The third-order valence-corrected chi connectivity index (χ3v) is 3.50. The summed E-state index contributed by atoms with van der Waals surface area (Å²) in [5.74, 6) is -0.516. The minimum atomic E-state index is -0.210. The van der Waals surface area contributed by atoms with Gasteiger partial charge in [-0.2, -0.15) is 0 Å². The Kier molecular flexibility index (Phi) is 2.44. The maximum Gasteiger partial charge on any atom is 0.230 e. The molecule has 0 saturated carbocycles. The fourth-order valence-corrected chi connectivity index (χ4v) is 2.51. The van der Waals surface area contributed by atoms with E-state index in [1.807, 2.05) is 19.3 Å². The van der Waals surface area contributed by atoms with Crippen molar-refractivity contribution in [2.45, 2.75) is 12.8 Å². The molecule has 4 nitrogen and oxygen atoms in total. The molecule has 1 aromatic carbocycles. The fourth-order valence-electron chi connectivity index (χ4n) is 2.51. The first-order valence-electron chi connectivity index (χ1n) is 6.01. The van der Waals surface area contributed by atoms with Gasteiger partial charge in [-0.05, 0) is 35.6 Å². The van der Waals surface area contributed by atoms with Crippen molar-refractivity contribution in [3.8, 4) is 0 Å². The van der Waals surface area contributed by atoms with Crippen molar-refractivity contribution < 1.29 is 9.59 Å². The summed E-state index contributed by atoms with van der Waals surface area (Å²) >= 11 is 0. The van der Waals surface area contributed by atoms with E-state index in [9.17, 15) is 9.59 Å². The van der Waals surface area contributed by atoms with E-state index in [0.717, 1.165) is 5.56 Å². The van der Waals surface area contributed by atoms with Crippen LogP contribution in [0.15, 0.2) is 30.5 Å². The van der Waals surface area contributed by atoms with Crippen LogP contribution in [0.5, 0.6) is 0 Å². The second-order valence-corrected chi connectivity index (χ2v) is 4.84. The molecule has 1 aliphatic heterocycles. The number of nitrogens with one attached hydrogen (secondary N) is 1. The third kappa shape index (κ3) is 1.79. The summed E-state index contributed by atoms with van der Waals surface area (Å²) in [7, 11) is 2.01. The van der Waals surface area contributed by atoms with Gasteiger partial charge in [-0.25, -0.2) is 0 Å². The van der Waals surface area contributed by atoms with Gasteiger partial charge in [0.25, 0.3) is 0 Å². The number of amides is 2. The van der Waals surface area contributed by atoms with E-state index in [-0.39, 0.29) is 17.7 Å². The predicted molar refractivity (Wildman–Crippen MR) is 67.9 cm³/mol. The van der Waals surface area contributed by atoms with E-state index in [4.69, 9.17) is 0 Å². The number of carbonyl (C=O) groups is 2. The molecule has 1 unspecified atom stereocenters.